The van der Waals surface area contributed by atoms with E-state index in [1.54, 1.807) is 14.2 Å². The molecule has 0 aliphatic carbocycles. The average Bonchev–Trinajstić information content (AvgIpc) is 2.48. The molecule has 0 radical (unpaired) electrons. The predicted octanol–water partition coefficient (Wildman–Crippen LogP) is 4.66. The van der Waals surface area contributed by atoms with E-state index >= 15 is 0 Å². The minimum atomic E-state index is -0.594. The molecule has 1 aromatic carbocycles. The first-order valence-corrected chi connectivity index (χ1v) is 7.11. The number of hydrogen-bond donors (Lipinski definition) is 0. The summed E-state index contributed by atoms with van der Waals surface area (Å²) < 4.78 is 11.2. The Bertz CT molecular complexity index is 353. The fourth-order valence-electron chi connectivity index (χ4n) is 2.09. The molecule has 106 valence electrons. The van der Waals surface area contributed by atoms with Gasteiger partial charge >= 0.3 is 0 Å². The van der Waals surface area contributed by atoms with Gasteiger partial charge in [0.05, 0.1) is 0 Å². The molecule has 0 unspecified atom stereocenters. The van der Waals surface area contributed by atoms with Crippen molar-refractivity contribution in [3.8, 4) is 0 Å². The van der Waals surface area contributed by atoms with E-state index in [2.05, 4.69) is 25.1 Å². The van der Waals surface area contributed by atoms with Gasteiger partial charge in [0, 0.05) is 20.6 Å². The molecule has 19 heavy (non-hydrogen) atoms. The van der Waals surface area contributed by atoms with Gasteiger partial charge < -0.3 is 9.47 Å². The van der Waals surface area contributed by atoms with E-state index in [-0.39, 0.29) is 0 Å². The second-order valence-corrected chi connectivity index (χ2v) is 4.77. The maximum absolute atomic E-state index is 5.58. The molecule has 0 aromatic heterocycles. The first-order chi connectivity index (χ1) is 9.26. The van der Waals surface area contributed by atoms with Crippen LogP contribution in [0.2, 0.25) is 0 Å². The van der Waals surface area contributed by atoms with Crippen molar-refractivity contribution in [1.82, 2.24) is 0 Å². The van der Waals surface area contributed by atoms with Crippen LogP contribution < -0.4 is 0 Å². The molecule has 0 atom stereocenters. The molecule has 0 spiro atoms. The van der Waals surface area contributed by atoms with E-state index in [4.69, 9.17) is 9.47 Å². The molecule has 0 heterocycles. The summed E-state index contributed by atoms with van der Waals surface area (Å²) in [5, 5.41) is 0. The Morgan fingerprint density at radius 1 is 1.00 bits per heavy atom. The molecule has 0 aliphatic heterocycles. The van der Waals surface area contributed by atoms with Gasteiger partial charge in [0.25, 0.3) is 0 Å². The van der Waals surface area contributed by atoms with Crippen molar-refractivity contribution in [3.63, 3.8) is 0 Å². The number of ether oxygens (including phenoxy) is 2. The molecule has 2 nitrogen and oxygen atoms in total. The van der Waals surface area contributed by atoms with E-state index in [1.807, 2.05) is 24.3 Å². The van der Waals surface area contributed by atoms with Gasteiger partial charge in [-0.2, -0.15) is 0 Å². The SMILES string of the molecule is CCCCCCC(/C=C/c1ccccc1)(OC)OC. The monoisotopic (exact) mass is 262 g/mol. The Morgan fingerprint density at radius 3 is 2.26 bits per heavy atom. The third kappa shape index (κ3) is 5.58. The van der Waals surface area contributed by atoms with E-state index in [0.717, 1.165) is 18.4 Å². The van der Waals surface area contributed by atoms with Gasteiger partial charge in [0.2, 0.25) is 0 Å². The van der Waals surface area contributed by atoms with Crippen LogP contribution in [-0.4, -0.2) is 20.0 Å². The number of hydrogen-bond acceptors (Lipinski definition) is 2. The molecule has 1 rings (SSSR count). The highest BCUT2D eigenvalue weighted by atomic mass is 16.7. The molecular weight excluding hydrogens is 236 g/mol. The Morgan fingerprint density at radius 2 is 1.68 bits per heavy atom. The van der Waals surface area contributed by atoms with Crippen molar-refractivity contribution >= 4 is 6.08 Å². The number of benzene rings is 1. The second-order valence-electron chi connectivity index (χ2n) is 4.77. The first-order valence-electron chi connectivity index (χ1n) is 7.11. The molecule has 0 saturated carbocycles. The van der Waals surface area contributed by atoms with Gasteiger partial charge in [-0.1, -0.05) is 62.6 Å². The highest BCUT2D eigenvalue weighted by Gasteiger charge is 2.25. The summed E-state index contributed by atoms with van der Waals surface area (Å²) in [5.74, 6) is -0.594. The minimum Gasteiger partial charge on any atom is -0.350 e. The van der Waals surface area contributed by atoms with Crippen molar-refractivity contribution in [2.45, 2.75) is 44.8 Å². The number of rotatable bonds is 9. The summed E-state index contributed by atoms with van der Waals surface area (Å²) >= 11 is 0. The smallest absolute Gasteiger partial charge is 0.187 e. The summed E-state index contributed by atoms with van der Waals surface area (Å²) in [4.78, 5) is 0. The summed E-state index contributed by atoms with van der Waals surface area (Å²) in [6.45, 7) is 2.22. The van der Waals surface area contributed by atoms with E-state index in [0.29, 0.717) is 0 Å². The Labute approximate surface area is 117 Å². The largest absolute Gasteiger partial charge is 0.350 e. The molecule has 0 fully saturated rings. The molecule has 0 aliphatic rings. The Hall–Kier alpha value is -1.12. The van der Waals surface area contributed by atoms with Crippen molar-refractivity contribution < 1.29 is 9.47 Å². The topological polar surface area (TPSA) is 18.5 Å². The van der Waals surface area contributed by atoms with Gasteiger partial charge in [0.1, 0.15) is 0 Å². The fraction of sp³-hybridized carbons (Fsp3) is 0.529. The molecule has 0 amide bonds. The molecule has 0 saturated heterocycles. The summed E-state index contributed by atoms with van der Waals surface area (Å²) in [7, 11) is 3.41. The molecule has 1 aromatic rings. The third-order valence-electron chi connectivity index (χ3n) is 3.40. The van der Waals surface area contributed by atoms with Crippen molar-refractivity contribution in [2.24, 2.45) is 0 Å². The maximum Gasteiger partial charge on any atom is 0.187 e. The predicted molar refractivity (Wildman–Crippen MR) is 81.0 cm³/mol. The zero-order chi connectivity index (χ0) is 14.0. The summed E-state index contributed by atoms with van der Waals surface area (Å²) in [5.41, 5.74) is 1.16. The lowest BCUT2D eigenvalue weighted by Crippen LogP contribution is -2.31. The Balaban J connectivity index is 2.62. The van der Waals surface area contributed by atoms with Crippen LogP contribution in [0.4, 0.5) is 0 Å². The standard InChI is InChI=1S/C17H26O2/c1-4-5-6-10-14-17(18-2,19-3)15-13-16-11-8-7-9-12-16/h7-9,11-13,15H,4-6,10,14H2,1-3H3/b15-13+. The second kappa shape index (κ2) is 8.89. The van der Waals surface area contributed by atoms with Crippen LogP contribution >= 0.6 is 0 Å². The summed E-state index contributed by atoms with van der Waals surface area (Å²) in [6, 6.07) is 10.2. The molecule has 0 N–H and O–H groups in total. The third-order valence-corrected chi connectivity index (χ3v) is 3.40. The van der Waals surface area contributed by atoms with Crippen LogP contribution in [0.5, 0.6) is 0 Å². The lowest BCUT2D eigenvalue weighted by atomic mass is 10.0. The van der Waals surface area contributed by atoms with Crippen molar-refractivity contribution in [1.29, 1.82) is 0 Å². The van der Waals surface area contributed by atoms with Gasteiger partial charge in [0.15, 0.2) is 5.79 Å². The highest BCUT2D eigenvalue weighted by molar-refractivity contribution is 5.49. The van der Waals surface area contributed by atoms with E-state index in [9.17, 15) is 0 Å². The fourth-order valence-corrected chi connectivity index (χ4v) is 2.09. The average molecular weight is 262 g/mol. The van der Waals surface area contributed by atoms with Crippen LogP contribution in [0.25, 0.3) is 6.08 Å². The first kappa shape index (κ1) is 15.9. The van der Waals surface area contributed by atoms with Crippen LogP contribution in [0, 0.1) is 0 Å². The highest BCUT2D eigenvalue weighted by Crippen LogP contribution is 2.23. The van der Waals surface area contributed by atoms with E-state index < -0.39 is 5.79 Å². The lowest BCUT2D eigenvalue weighted by molar-refractivity contribution is -0.174. The molecular formula is C17H26O2. The molecule has 0 bridgehead atoms. The quantitative estimate of drug-likeness (QED) is 0.476. The zero-order valence-electron chi connectivity index (χ0n) is 12.4. The van der Waals surface area contributed by atoms with Crippen LogP contribution in [-0.2, 0) is 9.47 Å². The number of unbranched alkanes of at least 4 members (excludes halogenated alkanes) is 3. The van der Waals surface area contributed by atoms with Gasteiger partial charge in [-0.05, 0) is 18.1 Å². The van der Waals surface area contributed by atoms with E-state index in [1.165, 1.54) is 19.3 Å². The zero-order valence-corrected chi connectivity index (χ0v) is 12.4. The van der Waals surface area contributed by atoms with Crippen LogP contribution in [0.15, 0.2) is 36.4 Å². The Kier molecular flexibility index (Phi) is 7.46. The van der Waals surface area contributed by atoms with Gasteiger partial charge in [-0.3, -0.25) is 0 Å². The van der Waals surface area contributed by atoms with Crippen molar-refractivity contribution in [3.05, 3.63) is 42.0 Å². The van der Waals surface area contributed by atoms with Crippen LogP contribution in [0.3, 0.4) is 0 Å². The maximum atomic E-state index is 5.58. The van der Waals surface area contributed by atoms with Gasteiger partial charge in [-0.15, -0.1) is 0 Å². The number of methoxy groups -OCH3 is 2. The normalized spacial score (nSPS) is 12.2. The molecule has 2 heteroatoms. The van der Waals surface area contributed by atoms with Crippen LogP contribution in [0.1, 0.15) is 44.6 Å². The summed E-state index contributed by atoms with van der Waals surface area (Å²) in [6.07, 6.45) is 9.84. The van der Waals surface area contributed by atoms with Crippen molar-refractivity contribution in [2.75, 3.05) is 14.2 Å². The lowest BCUT2D eigenvalue weighted by Gasteiger charge is -2.27. The minimum absolute atomic E-state index is 0.594. The van der Waals surface area contributed by atoms with Gasteiger partial charge in [-0.25, -0.2) is 0 Å².